The maximum atomic E-state index is 12.1. The zero-order valence-electron chi connectivity index (χ0n) is 10.9. The quantitative estimate of drug-likeness (QED) is 0.759. The van der Waals surface area contributed by atoms with E-state index in [1.54, 1.807) is 24.3 Å². The second-order valence-electron chi connectivity index (χ2n) is 5.07. The molecule has 0 unspecified atom stereocenters. The fraction of sp³-hybridized carbons (Fsp3) is 0.188. The van der Waals surface area contributed by atoms with E-state index in [0.717, 1.165) is 12.0 Å². The summed E-state index contributed by atoms with van der Waals surface area (Å²) in [4.78, 5) is 12.1. The van der Waals surface area contributed by atoms with Crippen LogP contribution in [0.4, 0.5) is 5.69 Å². The number of rotatable bonds is 3. The van der Waals surface area contributed by atoms with Crippen LogP contribution in [0.15, 0.2) is 48.5 Å². The summed E-state index contributed by atoms with van der Waals surface area (Å²) in [6.07, 6.45) is 0.765. The molecule has 0 heterocycles. The van der Waals surface area contributed by atoms with Crippen molar-refractivity contribution < 1.29 is 4.79 Å². The second kappa shape index (κ2) is 5.53. The highest BCUT2D eigenvalue weighted by Crippen LogP contribution is 2.59. The molecule has 1 saturated carbocycles. The van der Waals surface area contributed by atoms with Crippen molar-refractivity contribution in [2.45, 2.75) is 16.7 Å². The Kier molecular flexibility index (Phi) is 3.87. The summed E-state index contributed by atoms with van der Waals surface area (Å²) in [5.74, 6) is -0.0574. The van der Waals surface area contributed by atoms with Gasteiger partial charge in [-0.1, -0.05) is 35.9 Å². The van der Waals surface area contributed by atoms with E-state index in [-0.39, 0.29) is 11.8 Å². The predicted octanol–water partition coefficient (Wildman–Crippen LogP) is 5.25. The molecule has 1 aliphatic carbocycles. The van der Waals surface area contributed by atoms with Crippen LogP contribution in [0.2, 0.25) is 5.02 Å². The Morgan fingerprint density at radius 2 is 1.71 bits per heavy atom. The smallest absolute Gasteiger partial charge is 0.257 e. The Bertz CT molecular complexity index is 682. The number of hydrogen-bond acceptors (Lipinski definition) is 1. The number of nitrogens with one attached hydrogen (secondary N) is 1. The van der Waals surface area contributed by atoms with Gasteiger partial charge in [-0.2, -0.15) is 0 Å². The van der Waals surface area contributed by atoms with Crippen molar-refractivity contribution in [1.29, 1.82) is 0 Å². The molecule has 108 valence electrons. The molecule has 2 aromatic rings. The van der Waals surface area contributed by atoms with E-state index in [0.29, 0.717) is 16.3 Å². The molecule has 21 heavy (non-hydrogen) atoms. The van der Waals surface area contributed by atoms with Crippen molar-refractivity contribution in [3.63, 3.8) is 0 Å². The third kappa shape index (κ3) is 3.18. The summed E-state index contributed by atoms with van der Waals surface area (Å²) < 4.78 is -0.637. The van der Waals surface area contributed by atoms with E-state index < -0.39 is 4.33 Å². The highest BCUT2D eigenvalue weighted by molar-refractivity contribution is 6.51. The first-order chi connectivity index (χ1) is 9.97. The molecule has 2 nitrogen and oxygen atoms in total. The van der Waals surface area contributed by atoms with Crippen molar-refractivity contribution >= 4 is 46.4 Å². The summed E-state index contributed by atoms with van der Waals surface area (Å²) in [6, 6.07) is 14.5. The van der Waals surface area contributed by atoms with E-state index in [1.807, 2.05) is 24.3 Å². The van der Waals surface area contributed by atoms with Crippen molar-refractivity contribution in [1.82, 2.24) is 0 Å². The first-order valence-electron chi connectivity index (χ1n) is 6.51. The molecule has 3 rings (SSSR count). The number of carbonyl (C=O) groups excluding carboxylic acids is 1. The van der Waals surface area contributed by atoms with Crippen molar-refractivity contribution in [3.8, 4) is 0 Å². The van der Waals surface area contributed by atoms with Crippen LogP contribution in [0.25, 0.3) is 0 Å². The number of carbonyl (C=O) groups is 1. The van der Waals surface area contributed by atoms with E-state index in [1.165, 1.54) is 0 Å². The topological polar surface area (TPSA) is 29.1 Å². The van der Waals surface area contributed by atoms with Gasteiger partial charge in [-0.15, -0.1) is 23.2 Å². The van der Waals surface area contributed by atoms with Crippen molar-refractivity contribution in [3.05, 3.63) is 64.7 Å². The zero-order chi connectivity index (χ0) is 15.0. The molecule has 1 N–H and O–H groups in total. The van der Waals surface area contributed by atoms with Gasteiger partial charge in [0.25, 0.3) is 5.91 Å². The standard InChI is InChI=1S/C16H12Cl3NO/c17-14-4-2-1-3-12(14)15(21)20-11-7-5-10(6-8-11)13-9-16(13,18)19/h1-8,13H,9H2,(H,20,21)/t13-/m1/s1. The molecule has 0 radical (unpaired) electrons. The lowest BCUT2D eigenvalue weighted by atomic mass is 10.1. The van der Waals surface area contributed by atoms with Gasteiger partial charge in [-0.25, -0.2) is 0 Å². The third-order valence-electron chi connectivity index (χ3n) is 3.52. The molecule has 0 aromatic heterocycles. The minimum absolute atomic E-state index is 0.175. The fourth-order valence-corrected chi connectivity index (χ4v) is 3.00. The Balaban J connectivity index is 1.71. The SMILES string of the molecule is O=C(Nc1ccc([C@H]2CC2(Cl)Cl)cc1)c1ccccc1Cl. The summed E-state index contributed by atoms with van der Waals surface area (Å²) >= 11 is 18.1. The molecule has 0 saturated heterocycles. The molecular formula is C16H12Cl3NO. The Labute approximate surface area is 138 Å². The lowest BCUT2D eigenvalue weighted by Crippen LogP contribution is -2.12. The Morgan fingerprint density at radius 1 is 1.10 bits per heavy atom. The predicted molar refractivity (Wildman–Crippen MR) is 87.6 cm³/mol. The summed E-state index contributed by atoms with van der Waals surface area (Å²) in [5, 5.41) is 3.25. The van der Waals surface area contributed by atoms with Gasteiger partial charge in [0.2, 0.25) is 0 Å². The third-order valence-corrected chi connectivity index (χ3v) is 4.68. The van der Waals surface area contributed by atoms with Crippen LogP contribution in [0.3, 0.4) is 0 Å². The van der Waals surface area contributed by atoms with Crippen LogP contribution in [-0.4, -0.2) is 10.2 Å². The largest absolute Gasteiger partial charge is 0.322 e. The van der Waals surface area contributed by atoms with Gasteiger partial charge in [0, 0.05) is 11.6 Å². The molecule has 0 aliphatic heterocycles. The normalized spacial score (nSPS) is 19.1. The fourth-order valence-electron chi connectivity index (χ4n) is 2.22. The maximum absolute atomic E-state index is 12.1. The van der Waals surface area contributed by atoms with E-state index in [9.17, 15) is 4.79 Å². The molecule has 2 aromatic carbocycles. The zero-order valence-corrected chi connectivity index (χ0v) is 13.2. The van der Waals surface area contributed by atoms with Crippen molar-refractivity contribution in [2.75, 3.05) is 5.32 Å². The highest BCUT2D eigenvalue weighted by Gasteiger charge is 2.52. The number of anilines is 1. The lowest BCUT2D eigenvalue weighted by molar-refractivity contribution is 0.102. The van der Waals surface area contributed by atoms with Crippen LogP contribution in [-0.2, 0) is 0 Å². The summed E-state index contributed by atoms with van der Waals surface area (Å²) in [6.45, 7) is 0. The number of hydrogen-bond donors (Lipinski definition) is 1. The Hall–Kier alpha value is -1.22. The molecular weight excluding hydrogens is 329 g/mol. The van der Waals surface area contributed by atoms with Crippen LogP contribution in [0, 0.1) is 0 Å². The van der Waals surface area contributed by atoms with Gasteiger partial charge < -0.3 is 5.32 Å². The number of alkyl halides is 2. The molecule has 1 fully saturated rings. The van der Waals surface area contributed by atoms with Crippen LogP contribution >= 0.6 is 34.8 Å². The summed E-state index contributed by atoms with van der Waals surface area (Å²) in [7, 11) is 0. The van der Waals surface area contributed by atoms with E-state index in [4.69, 9.17) is 34.8 Å². The highest BCUT2D eigenvalue weighted by atomic mass is 35.5. The van der Waals surface area contributed by atoms with E-state index >= 15 is 0 Å². The summed E-state index contributed by atoms with van der Waals surface area (Å²) in [5.41, 5.74) is 2.24. The minimum atomic E-state index is -0.637. The Morgan fingerprint density at radius 3 is 2.29 bits per heavy atom. The monoisotopic (exact) mass is 339 g/mol. The first-order valence-corrected chi connectivity index (χ1v) is 7.64. The molecule has 1 amide bonds. The molecule has 1 aliphatic rings. The number of halogens is 3. The average Bonchev–Trinajstić information content (AvgIpc) is 3.09. The van der Waals surface area contributed by atoms with Gasteiger partial charge in [0.15, 0.2) is 0 Å². The maximum Gasteiger partial charge on any atom is 0.257 e. The second-order valence-corrected chi connectivity index (χ2v) is 7.02. The van der Waals surface area contributed by atoms with Crippen molar-refractivity contribution in [2.24, 2.45) is 0 Å². The molecule has 1 atom stereocenters. The molecule has 0 spiro atoms. The molecule has 5 heteroatoms. The van der Waals surface area contributed by atoms with Crippen LogP contribution in [0.1, 0.15) is 28.3 Å². The van der Waals surface area contributed by atoms with Gasteiger partial charge in [0.1, 0.15) is 4.33 Å². The van der Waals surface area contributed by atoms with E-state index in [2.05, 4.69) is 5.32 Å². The van der Waals surface area contributed by atoms with Gasteiger partial charge in [0.05, 0.1) is 10.6 Å². The number of amides is 1. The molecule has 0 bridgehead atoms. The minimum Gasteiger partial charge on any atom is -0.322 e. The van der Waals surface area contributed by atoms with Gasteiger partial charge in [-0.3, -0.25) is 4.79 Å². The van der Waals surface area contributed by atoms with Crippen LogP contribution in [0.5, 0.6) is 0 Å². The van der Waals surface area contributed by atoms with Gasteiger partial charge in [-0.05, 0) is 36.2 Å². The number of benzene rings is 2. The lowest BCUT2D eigenvalue weighted by Gasteiger charge is -2.08. The first kappa shape index (κ1) is 14.7. The average molecular weight is 341 g/mol. The van der Waals surface area contributed by atoms with Crippen LogP contribution < -0.4 is 5.32 Å². The van der Waals surface area contributed by atoms with Gasteiger partial charge >= 0.3 is 0 Å².